The molecule has 4 heteroatoms. The lowest BCUT2D eigenvalue weighted by Crippen LogP contribution is -2.43. The highest BCUT2D eigenvalue weighted by Gasteiger charge is 2.29. The van der Waals surface area contributed by atoms with Crippen molar-refractivity contribution in [3.05, 3.63) is 29.8 Å². The average Bonchev–Trinajstić information content (AvgIpc) is 2.55. The Morgan fingerprint density at radius 1 is 1.13 bits per heavy atom. The van der Waals surface area contributed by atoms with Crippen molar-refractivity contribution in [1.29, 1.82) is 0 Å². The normalized spacial score (nSPS) is 22.1. The van der Waals surface area contributed by atoms with E-state index in [4.69, 9.17) is 14.2 Å². The Kier molecular flexibility index (Phi) is 6.88. The van der Waals surface area contributed by atoms with Crippen molar-refractivity contribution in [2.24, 2.45) is 0 Å². The van der Waals surface area contributed by atoms with E-state index in [1.165, 1.54) is 12.0 Å². The smallest absolute Gasteiger partial charge is 0.118 e. The Bertz CT molecular complexity index is 458. The van der Waals surface area contributed by atoms with Gasteiger partial charge >= 0.3 is 0 Å². The minimum Gasteiger partial charge on any atom is -0.497 e. The Morgan fingerprint density at radius 2 is 1.87 bits per heavy atom. The summed E-state index contributed by atoms with van der Waals surface area (Å²) in [5.74, 6) is 1.54. The summed E-state index contributed by atoms with van der Waals surface area (Å²) in [5.41, 5.74) is 1.29. The van der Waals surface area contributed by atoms with Crippen LogP contribution < -0.4 is 10.1 Å². The Hall–Kier alpha value is -1.10. The van der Waals surface area contributed by atoms with E-state index in [9.17, 15) is 0 Å². The van der Waals surface area contributed by atoms with Crippen molar-refractivity contribution >= 4 is 0 Å². The maximum Gasteiger partial charge on any atom is 0.118 e. The molecule has 2 atom stereocenters. The molecule has 1 aromatic carbocycles. The van der Waals surface area contributed by atoms with Crippen LogP contribution in [-0.2, 0) is 9.47 Å². The Morgan fingerprint density at radius 3 is 2.52 bits per heavy atom. The fraction of sp³-hybridized carbons (Fsp3) is 0.684. The first-order valence-corrected chi connectivity index (χ1v) is 8.54. The topological polar surface area (TPSA) is 39.7 Å². The molecule has 0 saturated carbocycles. The largest absolute Gasteiger partial charge is 0.497 e. The van der Waals surface area contributed by atoms with Crippen molar-refractivity contribution in [1.82, 2.24) is 5.32 Å². The monoisotopic (exact) mass is 321 g/mol. The molecule has 2 rings (SSSR count). The fourth-order valence-electron chi connectivity index (χ4n) is 3.39. The second-order valence-electron chi connectivity index (χ2n) is 6.95. The molecule has 0 radical (unpaired) electrons. The predicted octanol–water partition coefficient (Wildman–Crippen LogP) is 3.36. The van der Waals surface area contributed by atoms with Gasteiger partial charge < -0.3 is 19.5 Å². The molecule has 4 nitrogen and oxygen atoms in total. The van der Waals surface area contributed by atoms with Crippen LogP contribution in [0.5, 0.6) is 5.75 Å². The van der Waals surface area contributed by atoms with Gasteiger partial charge in [-0.3, -0.25) is 0 Å². The van der Waals surface area contributed by atoms with E-state index in [0.717, 1.165) is 25.1 Å². The van der Waals surface area contributed by atoms with Crippen molar-refractivity contribution < 1.29 is 14.2 Å². The molecule has 1 heterocycles. The number of ether oxygens (including phenoxy) is 3. The van der Waals surface area contributed by atoms with Gasteiger partial charge in [-0.1, -0.05) is 12.1 Å². The van der Waals surface area contributed by atoms with E-state index in [1.54, 1.807) is 14.2 Å². The minimum absolute atomic E-state index is 0.127. The summed E-state index contributed by atoms with van der Waals surface area (Å²) in [6.07, 6.45) is 3.36. The molecule has 0 aliphatic carbocycles. The number of benzene rings is 1. The first-order chi connectivity index (χ1) is 11.0. The molecular weight excluding hydrogens is 290 g/mol. The number of methoxy groups -OCH3 is 2. The summed E-state index contributed by atoms with van der Waals surface area (Å²) in [5, 5.41) is 3.65. The maximum atomic E-state index is 5.96. The zero-order chi connectivity index (χ0) is 16.7. The minimum atomic E-state index is -0.127. The third kappa shape index (κ3) is 5.79. The SMILES string of the molecule is COCCOC(C)(C)C[C@@H]1C[C@H](c2ccc(OC)cc2)CCN1. The summed E-state index contributed by atoms with van der Waals surface area (Å²) in [6, 6.07) is 9.01. The molecule has 1 aliphatic rings. The van der Waals surface area contributed by atoms with E-state index >= 15 is 0 Å². The van der Waals surface area contributed by atoms with Gasteiger partial charge in [-0.15, -0.1) is 0 Å². The van der Waals surface area contributed by atoms with Gasteiger partial charge in [-0.2, -0.15) is 0 Å². The van der Waals surface area contributed by atoms with E-state index < -0.39 is 0 Å². The van der Waals surface area contributed by atoms with Crippen LogP contribution in [0.15, 0.2) is 24.3 Å². The van der Waals surface area contributed by atoms with Crippen molar-refractivity contribution in [2.45, 2.75) is 50.7 Å². The maximum absolute atomic E-state index is 5.96. The van der Waals surface area contributed by atoms with E-state index in [1.807, 2.05) is 0 Å². The zero-order valence-corrected chi connectivity index (χ0v) is 14.9. The highest BCUT2D eigenvalue weighted by Crippen LogP contribution is 2.32. The molecule has 0 aromatic heterocycles. The van der Waals surface area contributed by atoms with Crippen LogP contribution in [0.2, 0.25) is 0 Å². The second-order valence-corrected chi connectivity index (χ2v) is 6.95. The number of rotatable bonds is 8. The first-order valence-electron chi connectivity index (χ1n) is 8.54. The lowest BCUT2D eigenvalue weighted by atomic mass is 9.83. The quantitative estimate of drug-likeness (QED) is 0.745. The summed E-state index contributed by atoms with van der Waals surface area (Å²) in [7, 11) is 3.42. The third-order valence-corrected chi connectivity index (χ3v) is 4.60. The third-order valence-electron chi connectivity index (χ3n) is 4.60. The van der Waals surface area contributed by atoms with E-state index in [0.29, 0.717) is 25.2 Å². The van der Waals surface area contributed by atoms with Crippen molar-refractivity contribution in [2.75, 3.05) is 34.0 Å². The zero-order valence-electron chi connectivity index (χ0n) is 14.9. The van der Waals surface area contributed by atoms with Crippen LogP contribution in [0.1, 0.15) is 44.6 Å². The van der Waals surface area contributed by atoms with Crippen LogP contribution in [0.25, 0.3) is 0 Å². The van der Waals surface area contributed by atoms with Crippen LogP contribution >= 0.6 is 0 Å². The predicted molar refractivity (Wildman–Crippen MR) is 93.3 cm³/mol. The molecule has 0 spiro atoms. The molecule has 130 valence electrons. The summed E-state index contributed by atoms with van der Waals surface area (Å²) in [6.45, 7) is 6.70. The first kappa shape index (κ1) is 18.2. The van der Waals surface area contributed by atoms with Crippen molar-refractivity contribution in [3.63, 3.8) is 0 Å². The lowest BCUT2D eigenvalue weighted by Gasteiger charge is -2.36. The number of nitrogens with one attached hydrogen (secondary N) is 1. The molecular formula is C19H31NO3. The van der Waals surface area contributed by atoms with Gasteiger partial charge in [0.25, 0.3) is 0 Å². The van der Waals surface area contributed by atoms with Gasteiger partial charge in [0, 0.05) is 13.2 Å². The number of hydrogen-bond donors (Lipinski definition) is 1. The molecule has 1 N–H and O–H groups in total. The van der Waals surface area contributed by atoms with Crippen LogP contribution in [0.4, 0.5) is 0 Å². The Labute approximate surface area is 140 Å². The summed E-state index contributed by atoms with van der Waals surface area (Å²) < 4.78 is 16.3. The van der Waals surface area contributed by atoms with Gasteiger partial charge in [-0.25, -0.2) is 0 Å². The molecule has 1 aliphatic heterocycles. The number of hydrogen-bond acceptors (Lipinski definition) is 4. The molecule has 1 saturated heterocycles. The van der Waals surface area contributed by atoms with Gasteiger partial charge in [0.1, 0.15) is 5.75 Å². The number of piperidine rings is 1. The van der Waals surface area contributed by atoms with E-state index in [-0.39, 0.29) is 5.60 Å². The molecule has 0 unspecified atom stereocenters. The summed E-state index contributed by atoms with van der Waals surface area (Å²) >= 11 is 0. The molecule has 0 bridgehead atoms. The van der Waals surface area contributed by atoms with Crippen LogP contribution in [0.3, 0.4) is 0 Å². The second kappa shape index (κ2) is 8.67. The summed E-state index contributed by atoms with van der Waals surface area (Å²) in [4.78, 5) is 0. The molecule has 0 amide bonds. The Balaban J connectivity index is 1.89. The fourth-order valence-corrected chi connectivity index (χ4v) is 3.39. The van der Waals surface area contributed by atoms with E-state index in [2.05, 4.69) is 43.4 Å². The molecule has 23 heavy (non-hydrogen) atoms. The highest BCUT2D eigenvalue weighted by molar-refractivity contribution is 5.29. The van der Waals surface area contributed by atoms with Crippen LogP contribution in [0, 0.1) is 0 Å². The van der Waals surface area contributed by atoms with Gasteiger partial charge in [0.2, 0.25) is 0 Å². The van der Waals surface area contributed by atoms with Gasteiger partial charge in [-0.05, 0) is 63.3 Å². The molecule has 1 aromatic rings. The van der Waals surface area contributed by atoms with Crippen LogP contribution in [-0.4, -0.2) is 45.6 Å². The standard InChI is InChI=1S/C19H31NO3/c1-19(2,23-12-11-21-3)14-17-13-16(9-10-20-17)15-5-7-18(22-4)8-6-15/h5-8,16-17,20H,9-14H2,1-4H3/t16-,17+/m1/s1. The average molecular weight is 321 g/mol. The van der Waals surface area contributed by atoms with Crippen molar-refractivity contribution in [3.8, 4) is 5.75 Å². The molecule has 1 fully saturated rings. The van der Waals surface area contributed by atoms with Gasteiger partial charge in [0.15, 0.2) is 0 Å². The van der Waals surface area contributed by atoms with Gasteiger partial charge in [0.05, 0.1) is 25.9 Å². The lowest BCUT2D eigenvalue weighted by molar-refractivity contribution is -0.0506. The highest BCUT2D eigenvalue weighted by atomic mass is 16.5.